The van der Waals surface area contributed by atoms with Gasteiger partial charge in [0.05, 0.1) is 5.02 Å². The summed E-state index contributed by atoms with van der Waals surface area (Å²) in [5, 5.41) is 3.76. The molecule has 0 bridgehead atoms. The molecule has 22 heavy (non-hydrogen) atoms. The number of methoxy groups -OCH3 is 1. The molecule has 1 amide bonds. The van der Waals surface area contributed by atoms with E-state index < -0.39 is 0 Å². The number of pyridine rings is 1. The topological polar surface area (TPSA) is 72.3 Å². The Morgan fingerprint density at radius 1 is 1.45 bits per heavy atom. The van der Waals surface area contributed by atoms with Crippen LogP contribution in [0, 0.1) is 0 Å². The quantitative estimate of drug-likeness (QED) is 0.895. The second-order valence-corrected chi connectivity index (χ2v) is 5.61. The Morgan fingerprint density at radius 2 is 2.23 bits per heavy atom. The second kappa shape index (κ2) is 6.60. The van der Waals surface area contributed by atoms with Gasteiger partial charge in [-0.1, -0.05) is 11.6 Å². The average molecular weight is 324 g/mol. The monoisotopic (exact) mass is 323 g/mol. The van der Waals surface area contributed by atoms with E-state index in [4.69, 9.17) is 16.3 Å². The van der Waals surface area contributed by atoms with Crippen molar-refractivity contribution in [3.63, 3.8) is 0 Å². The number of aromatic nitrogens is 3. The van der Waals surface area contributed by atoms with E-state index in [9.17, 15) is 4.79 Å². The molecule has 1 fully saturated rings. The standard InChI is InChI=1S/C14H18ClN5O2/c1-22-9-12-18-11-6-10(15)7-17-14(11)20(12)8-13(21)19-4-2-16-3-5-19/h6-7,16H,2-5,8-9H2,1H3. The molecule has 1 saturated heterocycles. The van der Waals surface area contributed by atoms with Crippen molar-refractivity contribution in [3.8, 4) is 0 Å². The molecule has 3 heterocycles. The molecule has 0 aliphatic carbocycles. The summed E-state index contributed by atoms with van der Waals surface area (Å²) in [5.74, 6) is 0.741. The number of imidazole rings is 1. The van der Waals surface area contributed by atoms with E-state index in [1.807, 2.05) is 4.90 Å². The first kappa shape index (κ1) is 15.2. The first-order valence-electron chi connectivity index (χ1n) is 7.17. The Labute approximate surface area is 133 Å². The molecule has 2 aromatic rings. The van der Waals surface area contributed by atoms with E-state index in [1.165, 1.54) is 0 Å². The maximum absolute atomic E-state index is 12.5. The van der Waals surface area contributed by atoms with Gasteiger partial charge in [-0.25, -0.2) is 9.97 Å². The number of hydrogen-bond donors (Lipinski definition) is 1. The molecule has 0 unspecified atom stereocenters. The van der Waals surface area contributed by atoms with Gasteiger partial charge in [0.25, 0.3) is 0 Å². The van der Waals surface area contributed by atoms with Crippen LogP contribution >= 0.6 is 11.6 Å². The Kier molecular flexibility index (Phi) is 4.56. The van der Waals surface area contributed by atoms with Gasteiger partial charge in [-0.05, 0) is 6.07 Å². The molecule has 0 atom stereocenters. The number of carbonyl (C=O) groups excluding carboxylic acids is 1. The average Bonchev–Trinajstić information content (AvgIpc) is 2.85. The normalized spacial score (nSPS) is 15.5. The summed E-state index contributed by atoms with van der Waals surface area (Å²) in [6, 6.07) is 1.74. The van der Waals surface area contributed by atoms with Gasteiger partial charge in [-0.2, -0.15) is 0 Å². The molecule has 1 aliphatic heterocycles. The van der Waals surface area contributed by atoms with E-state index in [1.54, 1.807) is 23.9 Å². The third-order valence-corrected chi connectivity index (χ3v) is 3.87. The SMILES string of the molecule is COCc1nc2cc(Cl)cnc2n1CC(=O)N1CCNCC1. The lowest BCUT2D eigenvalue weighted by molar-refractivity contribution is -0.132. The van der Waals surface area contributed by atoms with Crippen molar-refractivity contribution in [1.82, 2.24) is 24.8 Å². The van der Waals surface area contributed by atoms with E-state index in [-0.39, 0.29) is 12.5 Å². The van der Waals surface area contributed by atoms with E-state index in [0.29, 0.717) is 28.6 Å². The van der Waals surface area contributed by atoms with Crippen molar-refractivity contribution in [2.24, 2.45) is 0 Å². The first-order chi connectivity index (χ1) is 10.7. The number of piperazine rings is 1. The van der Waals surface area contributed by atoms with Crippen molar-refractivity contribution in [2.45, 2.75) is 13.2 Å². The predicted molar refractivity (Wildman–Crippen MR) is 82.7 cm³/mol. The largest absolute Gasteiger partial charge is 0.377 e. The van der Waals surface area contributed by atoms with Gasteiger partial charge >= 0.3 is 0 Å². The molecule has 0 saturated carbocycles. The summed E-state index contributed by atoms with van der Waals surface area (Å²) in [5.41, 5.74) is 1.33. The fourth-order valence-electron chi connectivity index (χ4n) is 2.59. The molecule has 3 rings (SSSR count). The number of amides is 1. The molecule has 2 aromatic heterocycles. The molecule has 1 aliphatic rings. The fraction of sp³-hybridized carbons (Fsp3) is 0.500. The Balaban J connectivity index is 1.90. The van der Waals surface area contributed by atoms with Crippen LogP contribution in [0.25, 0.3) is 11.2 Å². The number of ether oxygens (including phenoxy) is 1. The minimum absolute atomic E-state index is 0.0647. The van der Waals surface area contributed by atoms with Crippen molar-refractivity contribution in [3.05, 3.63) is 23.1 Å². The molecule has 0 radical (unpaired) electrons. The van der Waals surface area contributed by atoms with Crippen LogP contribution in [0.2, 0.25) is 5.02 Å². The van der Waals surface area contributed by atoms with E-state index >= 15 is 0 Å². The lowest BCUT2D eigenvalue weighted by Crippen LogP contribution is -2.47. The second-order valence-electron chi connectivity index (χ2n) is 5.17. The summed E-state index contributed by atoms with van der Waals surface area (Å²) in [6.45, 7) is 3.64. The number of nitrogens with zero attached hydrogens (tertiary/aromatic N) is 4. The lowest BCUT2D eigenvalue weighted by Gasteiger charge is -2.27. The van der Waals surface area contributed by atoms with Crippen LogP contribution in [0.5, 0.6) is 0 Å². The van der Waals surface area contributed by atoms with Crippen LogP contribution in [-0.4, -0.2) is 58.6 Å². The number of carbonyl (C=O) groups is 1. The number of hydrogen-bond acceptors (Lipinski definition) is 5. The fourth-order valence-corrected chi connectivity index (χ4v) is 2.74. The molecule has 1 N–H and O–H groups in total. The van der Waals surface area contributed by atoms with Crippen molar-refractivity contribution in [1.29, 1.82) is 0 Å². The molecule has 0 spiro atoms. The first-order valence-corrected chi connectivity index (χ1v) is 7.55. The van der Waals surface area contributed by atoms with Gasteiger partial charge in [0.2, 0.25) is 5.91 Å². The Morgan fingerprint density at radius 3 is 2.95 bits per heavy atom. The van der Waals surface area contributed by atoms with Crippen LogP contribution in [0.15, 0.2) is 12.3 Å². The number of fused-ring (bicyclic) bond motifs is 1. The summed E-state index contributed by atoms with van der Waals surface area (Å²) < 4.78 is 6.98. The van der Waals surface area contributed by atoms with Gasteiger partial charge < -0.3 is 19.5 Å². The highest BCUT2D eigenvalue weighted by atomic mass is 35.5. The zero-order valence-electron chi connectivity index (χ0n) is 12.4. The maximum atomic E-state index is 12.5. The molecular formula is C14H18ClN5O2. The molecule has 8 heteroatoms. The highest BCUT2D eigenvalue weighted by Crippen LogP contribution is 2.19. The van der Waals surface area contributed by atoms with Crippen molar-refractivity contribution in [2.75, 3.05) is 33.3 Å². The molecule has 118 valence electrons. The van der Waals surface area contributed by atoms with Crippen molar-refractivity contribution >= 4 is 28.7 Å². The number of nitrogens with one attached hydrogen (secondary N) is 1. The summed E-state index contributed by atoms with van der Waals surface area (Å²) in [7, 11) is 1.60. The minimum Gasteiger partial charge on any atom is -0.377 e. The Hall–Kier alpha value is -1.70. The zero-order valence-corrected chi connectivity index (χ0v) is 13.1. The summed E-state index contributed by atoms with van der Waals surface area (Å²) in [4.78, 5) is 23.1. The zero-order chi connectivity index (χ0) is 15.5. The minimum atomic E-state index is 0.0647. The molecule has 7 nitrogen and oxygen atoms in total. The summed E-state index contributed by atoms with van der Waals surface area (Å²) >= 11 is 5.96. The third kappa shape index (κ3) is 3.06. The van der Waals surface area contributed by atoms with Crippen LogP contribution < -0.4 is 5.32 Å². The third-order valence-electron chi connectivity index (χ3n) is 3.67. The van der Waals surface area contributed by atoms with Gasteiger partial charge in [0, 0.05) is 39.5 Å². The van der Waals surface area contributed by atoms with E-state index in [2.05, 4.69) is 15.3 Å². The van der Waals surface area contributed by atoms with Gasteiger partial charge in [-0.15, -0.1) is 0 Å². The van der Waals surface area contributed by atoms with Crippen LogP contribution in [0.4, 0.5) is 0 Å². The van der Waals surface area contributed by atoms with Crippen LogP contribution in [-0.2, 0) is 22.7 Å². The predicted octanol–water partition coefficient (Wildman–Crippen LogP) is 0.663. The number of halogens is 1. The van der Waals surface area contributed by atoms with Crippen LogP contribution in [0.1, 0.15) is 5.82 Å². The Bertz CT molecular complexity index is 681. The highest BCUT2D eigenvalue weighted by Gasteiger charge is 2.20. The number of rotatable bonds is 4. The van der Waals surface area contributed by atoms with Crippen LogP contribution in [0.3, 0.4) is 0 Å². The van der Waals surface area contributed by atoms with Gasteiger partial charge in [0.15, 0.2) is 5.65 Å². The maximum Gasteiger partial charge on any atom is 0.242 e. The summed E-state index contributed by atoms with van der Waals surface area (Å²) in [6.07, 6.45) is 1.56. The van der Waals surface area contributed by atoms with E-state index in [0.717, 1.165) is 26.2 Å². The lowest BCUT2D eigenvalue weighted by atomic mass is 10.3. The highest BCUT2D eigenvalue weighted by molar-refractivity contribution is 6.31. The molecular weight excluding hydrogens is 306 g/mol. The van der Waals surface area contributed by atoms with Crippen molar-refractivity contribution < 1.29 is 9.53 Å². The van der Waals surface area contributed by atoms with Gasteiger partial charge in [-0.3, -0.25) is 4.79 Å². The smallest absolute Gasteiger partial charge is 0.242 e. The van der Waals surface area contributed by atoms with Gasteiger partial charge in [0.1, 0.15) is 24.5 Å². The molecule has 0 aromatic carbocycles.